The van der Waals surface area contributed by atoms with Crippen molar-refractivity contribution in [1.29, 1.82) is 0 Å². The van der Waals surface area contributed by atoms with Crippen LogP contribution in [0.2, 0.25) is 0 Å². The number of anilines is 1. The van der Waals surface area contributed by atoms with Gasteiger partial charge in [-0.15, -0.1) is 0 Å². The number of hydrogen-bond acceptors (Lipinski definition) is 2. The van der Waals surface area contributed by atoms with E-state index in [0.717, 1.165) is 5.69 Å². The number of aryl methyl sites for hydroxylation is 1. The fourth-order valence-corrected chi connectivity index (χ4v) is 0.756. The van der Waals surface area contributed by atoms with Gasteiger partial charge in [-0.2, -0.15) is 0 Å². The first-order valence-corrected chi connectivity index (χ1v) is 3.25. The van der Waals surface area contributed by atoms with Crippen LogP contribution in [-0.4, -0.2) is 10.9 Å². The van der Waals surface area contributed by atoms with Gasteiger partial charge in [0.2, 0.25) is 5.91 Å². The second kappa shape index (κ2) is 3.14. The van der Waals surface area contributed by atoms with E-state index in [1.807, 2.05) is 19.1 Å². The molecule has 0 aliphatic carbocycles. The molecule has 1 aromatic rings. The van der Waals surface area contributed by atoms with Gasteiger partial charge < -0.3 is 5.32 Å². The number of pyridine rings is 1. The van der Waals surface area contributed by atoms with E-state index in [9.17, 15) is 4.79 Å². The topological polar surface area (TPSA) is 42.0 Å². The molecule has 0 aliphatic heterocycles. The van der Waals surface area contributed by atoms with Gasteiger partial charge in [0, 0.05) is 12.6 Å². The van der Waals surface area contributed by atoms with Gasteiger partial charge in [0.05, 0.1) is 0 Å². The number of amides is 1. The van der Waals surface area contributed by atoms with Gasteiger partial charge in [-0.25, -0.2) is 4.98 Å². The minimum absolute atomic E-state index is 0.344. The zero-order chi connectivity index (χ0) is 8.27. The van der Waals surface area contributed by atoms with Crippen molar-refractivity contribution in [1.82, 2.24) is 4.98 Å². The fourth-order valence-electron chi connectivity index (χ4n) is 0.756. The monoisotopic (exact) mass is 149 g/mol. The number of aromatic nitrogens is 1. The highest BCUT2D eigenvalue weighted by atomic mass is 16.1. The van der Waals surface area contributed by atoms with E-state index in [1.165, 1.54) is 0 Å². The third-order valence-corrected chi connectivity index (χ3v) is 1.16. The largest absolute Gasteiger partial charge is 0.311 e. The Hall–Kier alpha value is -1.38. The van der Waals surface area contributed by atoms with Gasteiger partial charge in [0.1, 0.15) is 5.82 Å². The average molecular weight is 149 g/mol. The van der Waals surface area contributed by atoms with Crippen LogP contribution < -0.4 is 5.32 Å². The Morgan fingerprint density at radius 2 is 2.36 bits per heavy atom. The smallest absolute Gasteiger partial charge is 0.226 e. The van der Waals surface area contributed by atoms with Gasteiger partial charge >= 0.3 is 0 Å². The molecule has 1 radical (unpaired) electrons. The Bertz CT molecular complexity index is 271. The molecule has 0 fully saturated rings. The molecular weight excluding hydrogens is 140 g/mol. The SMILES string of the molecule is [CH2]C(=O)Nc1cccc(C)n1. The predicted molar refractivity (Wildman–Crippen MR) is 43.0 cm³/mol. The minimum Gasteiger partial charge on any atom is -0.311 e. The number of nitrogens with one attached hydrogen (secondary N) is 1. The number of nitrogens with zero attached hydrogens (tertiary/aromatic N) is 1. The lowest BCUT2D eigenvalue weighted by Crippen LogP contribution is -2.07. The zero-order valence-corrected chi connectivity index (χ0v) is 6.29. The van der Waals surface area contributed by atoms with Crippen molar-refractivity contribution in [2.75, 3.05) is 5.32 Å². The van der Waals surface area contributed by atoms with Crippen LogP contribution in [0.25, 0.3) is 0 Å². The van der Waals surface area contributed by atoms with Crippen LogP contribution >= 0.6 is 0 Å². The molecule has 0 unspecified atom stereocenters. The second-order valence-electron chi connectivity index (χ2n) is 2.21. The fraction of sp³-hybridized carbons (Fsp3) is 0.125. The highest BCUT2D eigenvalue weighted by molar-refractivity contribution is 5.92. The van der Waals surface area contributed by atoms with E-state index >= 15 is 0 Å². The summed E-state index contributed by atoms with van der Waals surface area (Å²) in [6.45, 7) is 5.03. The van der Waals surface area contributed by atoms with Crippen molar-refractivity contribution in [3.8, 4) is 0 Å². The Balaban J connectivity index is 2.79. The lowest BCUT2D eigenvalue weighted by Gasteiger charge is -1.99. The lowest BCUT2D eigenvalue weighted by molar-refractivity contribution is -0.112. The third kappa shape index (κ3) is 2.37. The normalized spacial score (nSPS) is 9.27. The third-order valence-electron chi connectivity index (χ3n) is 1.16. The number of rotatable bonds is 1. The molecule has 0 bridgehead atoms. The van der Waals surface area contributed by atoms with E-state index in [0.29, 0.717) is 5.82 Å². The summed E-state index contributed by atoms with van der Waals surface area (Å²) in [6.07, 6.45) is 0. The molecule has 1 rings (SSSR count). The summed E-state index contributed by atoms with van der Waals surface area (Å²) in [4.78, 5) is 14.5. The molecule has 0 spiro atoms. The van der Waals surface area contributed by atoms with E-state index in [1.54, 1.807) is 6.07 Å². The van der Waals surface area contributed by atoms with Crippen LogP contribution in [-0.2, 0) is 4.79 Å². The van der Waals surface area contributed by atoms with Crippen molar-refractivity contribution in [2.45, 2.75) is 6.92 Å². The van der Waals surface area contributed by atoms with Gasteiger partial charge in [0.25, 0.3) is 0 Å². The molecule has 11 heavy (non-hydrogen) atoms. The Labute approximate surface area is 65.5 Å². The first kappa shape index (κ1) is 7.72. The Kier molecular flexibility index (Phi) is 2.21. The number of carbonyl (C=O) groups is 1. The first-order chi connectivity index (χ1) is 5.18. The van der Waals surface area contributed by atoms with Gasteiger partial charge in [-0.3, -0.25) is 4.79 Å². The molecule has 0 aromatic carbocycles. The first-order valence-electron chi connectivity index (χ1n) is 3.25. The van der Waals surface area contributed by atoms with E-state index < -0.39 is 0 Å². The molecular formula is C8H9N2O. The predicted octanol–water partition coefficient (Wildman–Crippen LogP) is 1.16. The molecule has 1 amide bonds. The van der Waals surface area contributed by atoms with Crippen molar-refractivity contribution in [2.24, 2.45) is 0 Å². The van der Waals surface area contributed by atoms with Crippen LogP contribution in [0.4, 0.5) is 5.82 Å². The second-order valence-corrected chi connectivity index (χ2v) is 2.21. The van der Waals surface area contributed by atoms with E-state index in [-0.39, 0.29) is 5.91 Å². The van der Waals surface area contributed by atoms with E-state index in [2.05, 4.69) is 17.2 Å². The molecule has 0 saturated heterocycles. The summed E-state index contributed by atoms with van der Waals surface area (Å²) >= 11 is 0. The summed E-state index contributed by atoms with van der Waals surface area (Å²) in [5, 5.41) is 2.48. The van der Waals surface area contributed by atoms with Crippen LogP contribution in [0, 0.1) is 13.8 Å². The van der Waals surface area contributed by atoms with Crippen molar-refractivity contribution in [3.63, 3.8) is 0 Å². The van der Waals surface area contributed by atoms with Crippen LogP contribution in [0.5, 0.6) is 0 Å². The zero-order valence-electron chi connectivity index (χ0n) is 6.29. The average Bonchev–Trinajstić information content (AvgIpc) is 1.85. The molecule has 1 aromatic heterocycles. The minimum atomic E-state index is -0.344. The molecule has 1 heterocycles. The van der Waals surface area contributed by atoms with Crippen molar-refractivity contribution in [3.05, 3.63) is 30.8 Å². The standard InChI is InChI=1S/C8H9N2O/c1-6-4-3-5-8(9-6)10-7(2)11/h3-5H,2H2,1H3,(H,9,10,11). The van der Waals surface area contributed by atoms with Crippen molar-refractivity contribution >= 4 is 11.7 Å². The molecule has 0 aliphatic rings. The Morgan fingerprint density at radius 1 is 1.64 bits per heavy atom. The van der Waals surface area contributed by atoms with E-state index in [4.69, 9.17) is 0 Å². The highest BCUT2D eigenvalue weighted by Crippen LogP contribution is 2.02. The maximum absolute atomic E-state index is 10.5. The quantitative estimate of drug-likeness (QED) is 0.651. The molecule has 0 atom stereocenters. The molecule has 1 N–H and O–H groups in total. The van der Waals surface area contributed by atoms with Crippen LogP contribution in [0.15, 0.2) is 18.2 Å². The van der Waals surface area contributed by atoms with Gasteiger partial charge in [0.15, 0.2) is 0 Å². The van der Waals surface area contributed by atoms with Gasteiger partial charge in [-0.05, 0) is 19.1 Å². The highest BCUT2D eigenvalue weighted by Gasteiger charge is 1.94. The summed E-state index contributed by atoms with van der Waals surface area (Å²) in [5.74, 6) is 0.202. The van der Waals surface area contributed by atoms with Crippen LogP contribution in [0.1, 0.15) is 5.69 Å². The molecule has 57 valence electrons. The summed E-state index contributed by atoms with van der Waals surface area (Å²) in [6, 6.07) is 5.41. The Morgan fingerprint density at radius 3 is 2.91 bits per heavy atom. The van der Waals surface area contributed by atoms with Crippen LogP contribution in [0.3, 0.4) is 0 Å². The summed E-state index contributed by atoms with van der Waals surface area (Å²) in [7, 11) is 0. The van der Waals surface area contributed by atoms with Gasteiger partial charge in [-0.1, -0.05) is 6.07 Å². The molecule has 3 heteroatoms. The molecule has 3 nitrogen and oxygen atoms in total. The maximum Gasteiger partial charge on any atom is 0.226 e. The summed E-state index contributed by atoms with van der Waals surface area (Å²) < 4.78 is 0. The summed E-state index contributed by atoms with van der Waals surface area (Å²) in [5.41, 5.74) is 0.872. The van der Waals surface area contributed by atoms with Crippen molar-refractivity contribution < 1.29 is 4.79 Å². The number of carbonyl (C=O) groups excluding carboxylic acids is 1. The lowest BCUT2D eigenvalue weighted by atomic mass is 10.4. The number of hydrogen-bond donors (Lipinski definition) is 1. The molecule has 0 saturated carbocycles. The maximum atomic E-state index is 10.5.